The maximum atomic E-state index is 5.05. The van der Waals surface area contributed by atoms with Gasteiger partial charge < -0.3 is 0 Å². The van der Waals surface area contributed by atoms with Gasteiger partial charge in [-0.15, -0.1) is 0 Å². The van der Waals surface area contributed by atoms with Crippen LogP contribution < -0.4 is 10.2 Å². The Hall–Kier alpha value is -6.67. The third-order valence-corrected chi connectivity index (χ3v) is 15.3. The molecule has 2 atom stereocenters. The highest BCUT2D eigenvalue weighted by Crippen LogP contribution is 2.43. The van der Waals surface area contributed by atoms with E-state index < -0.39 is 7.53 Å². The van der Waals surface area contributed by atoms with E-state index >= 15 is 0 Å². The van der Waals surface area contributed by atoms with E-state index in [1.807, 2.05) is 0 Å². The Bertz CT molecular complexity index is 3270. The van der Waals surface area contributed by atoms with Crippen molar-refractivity contribution in [1.82, 2.24) is 15.0 Å². The molecule has 2 heterocycles. The Kier molecular flexibility index (Phi) is 9.63. The van der Waals surface area contributed by atoms with Crippen LogP contribution in [0.5, 0.6) is 0 Å². The lowest BCUT2D eigenvalue weighted by atomic mass is 9.91. The van der Waals surface area contributed by atoms with Gasteiger partial charge in [-0.3, -0.25) is 0 Å². The quantitative estimate of drug-likeness (QED) is 0.161. The molecule has 0 saturated carbocycles. The summed E-state index contributed by atoms with van der Waals surface area (Å²) in [5.41, 5.74) is 11.9. The predicted molar refractivity (Wildman–Crippen MR) is 260 cm³/mol. The van der Waals surface area contributed by atoms with E-state index in [9.17, 15) is 0 Å². The fourth-order valence-corrected chi connectivity index (χ4v) is 12.0. The fourth-order valence-electron chi connectivity index (χ4n) is 9.27. The zero-order valence-electron chi connectivity index (χ0n) is 34.6. The molecule has 0 fully saturated rings. The third kappa shape index (κ3) is 7.03. The molecule has 0 spiro atoms. The Labute approximate surface area is 358 Å². The van der Waals surface area contributed by atoms with Gasteiger partial charge >= 0.3 is 0 Å². The van der Waals surface area contributed by atoms with Crippen LogP contribution in [-0.2, 0) is 0 Å². The molecule has 0 saturated heterocycles. The monoisotopic (exact) mass is 803 g/mol. The molecule has 4 heteroatoms. The van der Waals surface area contributed by atoms with E-state index in [-0.39, 0.29) is 0 Å². The van der Waals surface area contributed by atoms with Gasteiger partial charge in [0.2, 0.25) is 0 Å². The first-order valence-electron chi connectivity index (χ1n) is 21.7. The minimum absolute atomic E-state index is 0.512. The number of hydrogen-bond donors (Lipinski definition) is 0. The number of allylic oxidation sites excluding steroid dienone is 8. The summed E-state index contributed by atoms with van der Waals surface area (Å²) in [5.74, 6) is 2.74. The Morgan fingerprint density at radius 2 is 1.11 bits per heavy atom. The molecule has 0 radical (unpaired) electrons. The van der Waals surface area contributed by atoms with Gasteiger partial charge in [0.25, 0.3) is 0 Å². The van der Waals surface area contributed by atoms with Crippen LogP contribution in [-0.4, -0.2) is 15.0 Å². The smallest absolute Gasteiger partial charge is 0.164 e. The lowest BCUT2D eigenvalue weighted by molar-refractivity contribution is 0.738. The van der Waals surface area contributed by atoms with Crippen molar-refractivity contribution in [2.24, 2.45) is 5.92 Å². The second-order valence-electron chi connectivity index (χ2n) is 16.8. The molecule has 0 bridgehead atoms. The molecule has 3 aliphatic carbocycles. The van der Waals surface area contributed by atoms with Crippen molar-refractivity contribution < 1.29 is 0 Å². The first kappa shape index (κ1) is 37.3. The van der Waals surface area contributed by atoms with Crippen molar-refractivity contribution in [3.63, 3.8) is 0 Å². The second-order valence-corrected chi connectivity index (χ2v) is 18.9. The molecule has 0 aliphatic heterocycles. The van der Waals surface area contributed by atoms with Crippen LogP contribution in [0.4, 0.5) is 0 Å². The normalized spacial score (nSPS) is 16.3. The number of fused-ring (bicyclic) bond motifs is 4. The first-order chi connectivity index (χ1) is 30.0. The largest absolute Gasteiger partial charge is 0.209 e. The summed E-state index contributed by atoms with van der Waals surface area (Å²) in [6.07, 6.45) is 21.2. The summed E-state index contributed by atoms with van der Waals surface area (Å²) >= 11 is 0. The van der Waals surface area contributed by atoms with E-state index in [1.54, 1.807) is 0 Å². The molecular formula is C57H46N3P. The van der Waals surface area contributed by atoms with Gasteiger partial charge in [-0.2, -0.15) is 0 Å². The number of nitrogens with zero attached hydrogens (tertiary/aromatic N) is 3. The summed E-state index contributed by atoms with van der Waals surface area (Å²) < 4.78 is 0. The molecule has 0 amide bonds. The van der Waals surface area contributed by atoms with E-state index in [0.29, 0.717) is 11.7 Å². The van der Waals surface area contributed by atoms with Crippen LogP contribution in [0.3, 0.4) is 0 Å². The van der Waals surface area contributed by atoms with Gasteiger partial charge in [-0.1, -0.05) is 196 Å². The zero-order valence-corrected chi connectivity index (χ0v) is 35.5. The molecule has 3 nitrogen and oxygen atoms in total. The van der Waals surface area contributed by atoms with Crippen molar-refractivity contribution >= 4 is 52.1 Å². The molecule has 11 rings (SSSR count). The summed E-state index contributed by atoms with van der Waals surface area (Å²) in [4.78, 5) is 16.6. The summed E-state index contributed by atoms with van der Waals surface area (Å²) in [7, 11) is -0.512. The van der Waals surface area contributed by atoms with Gasteiger partial charge in [0.15, 0.2) is 17.5 Å². The summed E-state index contributed by atoms with van der Waals surface area (Å²) in [6, 6.07) is 49.6. The van der Waals surface area contributed by atoms with Crippen LogP contribution in [0.15, 0.2) is 169 Å². The lowest BCUT2D eigenvalue weighted by Gasteiger charge is -2.15. The lowest BCUT2D eigenvalue weighted by Crippen LogP contribution is -2.21. The van der Waals surface area contributed by atoms with Gasteiger partial charge in [-0.25, -0.2) is 15.0 Å². The van der Waals surface area contributed by atoms with Crippen LogP contribution in [0.1, 0.15) is 57.6 Å². The van der Waals surface area contributed by atoms with Crippen LogP contribution >= 0.6 is 7.53 Å². The van der Waals surface area contributed by atoms with E-state index in [1.165, 1.54) is 70.1 Å². The van der Waals surface area contributed by atoms with Crippen molar-refractivity contribution in [3.8, 4) is 50.1 Å². The van der Waals surface area contributed by atoms with Crippen LogP contribution in [0.2, 0.25) is 0 Å². The number of benzene rings is 6. The molecule has 61 heavy (non-hydrogen) atoms. The summed E-state index contributed by atoms with van der Waals surface area (Å²) in [6.45, 7) is 4.42. The van der Waals surface area contributed by atoms with E-state index in [0.717, 1.165) is 66.0 Å². The average Bonchev–Trinajstić information content (AvgIpc) is 3.66. The molecule has 2 aromatic heterocycles. The van der Waals surface area contributed by atoms with Crippen LogP contribution in [0, 0.1) is 5.92 Å². The Morgan fingerprint density at radius 3 is 1.77 bits per heavy atom. The van der Waals surface area contributed by atoms with Crippen molar-refractivity contribution in [2.75, 3.05) is 0 Å². The first-order valence-corrected chi connectivity index (χ1v) is 23.0. The van der Waals surface area contributed by atoms with Crippen molar-refractivity contribution in [2.45, 2.75) is 46.0 Å². The number of aromatic nitrogens is 3. The highest BCUT2D eigenvalue weighted by Gasteiger charge is 2.18. The maximum Gasteiger partial charge on any atom is 0.164 e. The van der Waals surface area contributed by atoms with Gasteiger partial charge in [0, 0.05) is 21.2 Å². The SMILES string of the molecule is CC1=CC=C(c2nc(C3=CCC(C)C=C3)nc(-c3ccc(-c4ccc(-c5ccc(-c6ccc(-p7c8c(c9ccccc97)=CCCC=8)cc6)cc5)c5ccccc45)cc3)n2)CC1. The van der Waals surface area contributed by atoms with Crippen LogP contribution in [0.25, 0.3) is 94.6 Å². The van der Waals surface area contributed by atoms with E-state index in [4.69, 9.17) is 15.0 Å². The van der Waals surface area contributed by atoms with Crippen molar-refractivity contribution in [3.05, 3.63) is 191 Å². The molecular weight excluding hydrogens is 758 g/mol. The number of hydrogen-bond acceptors (Lipinski definition) is 3. The summed E-state index contributed by atoms with van der Waals surface area (Å²) in [5, 5.41) is 8.29. The van der Waals surface area contributed by atoms with Gasteiger partial charge in [-0.05, 0) is 111 Å². The molecule has 0 N–H and O–H groups in total. The minimum Gasteiger partial charge on any atom is -0.209 e. The third-order valence-electron chi connectivity index (χ3n) is 12.7. The fraction of sp³-hybridized carbons (Fsp3) is 0.140. The molecule has 8 aromatic rings. The maximum absolute atomic E-state index is 5.05. The van der Waals surface area contributed by atoms with E-state index in [2.05, 4.69) is 190 Å². The molecule has 6 aromatic carbocycles. The highest BCUT2D eigenvalue weighted by molar-refractivity contribution is 7.61. The predicted octanol–water partition coefficient (Wildman–Crippen LogP) is 14.3. The highest BCUT2D eigenvalue weighted by atomic mass is 31.1. The minimum atomic E-state index is -0.512. The molecule has 2 unspecified atom stereocenters. The Morgan fingerprint density at radius 1 is 0.525 bits per heavy atom. The average molecular weight is 804 g/mol. The topological polar surface area (TPSA) is 38.7 Å². The van der Waals surface area contributed by atoms with Crippen molar-refractivity contribution in [1.29, 1.82) is 0 Å². The Balaban J connectivity index is 0.884. The second kappa shape index (κ2) is 15.7. The number of rotatable bonds is 7. The molecule has 3 aliphatic rings. The zero-order chi connectivity index (χ0) is 40.9. The van der Waals surface area contributed by atoms with Gasteiger partial charge in [0.05, 0.1) is 0 Å². The molecule has 294 valence electrons. The van der Waals surface area contributed by atoms with Gasteiger partial charge in [0.1, 0.15) is 0 Å². The standard InChI is InChI=1S/C57H46N3P/c1-37-15-19-43(20-16-37)55-58-56(44-21-17-38(2)18-22-44)60-57(59-55)45-29-27-42(28-30-45)48-36-35-47(49-9-3-4-10-50(48)49)41-25-23-39(24-26-41)40-31-33-46(34-32-40)61-53-13-7-5-11-51(53)52-12-6-8-14-54(52)61/h3-5,7,9-15,17,19-21,23-37H,6,8,16,18,22H2,1-2H3.